The van der Waals surface area contributed by atoms with Crippen molar-refractivity contribution in [1.29, 1.82) is 0 Å². The summed E-state index contributed by atoms with van der Waals surface area (Å²) >= 11 is 0. The van der Waals surface area contributed by atoms with Crippen LogP contribution in [0.2, 0.25) is 0 Å². The normalized spacial score (nSPS) is 17.4. The van der Waals surface area contributed by atoms with E-state index in [0.717, 1.165) is 12.8 Å². The Morgan fingerprint density at radius 1 is 1.35 bits per heavy atom. The molecule has 116 valence electrons. The smallest absolute Gasteiger partial charge is 0.408 e. The maximum Gasteiger partial charge on any atom is 0.408 e. The minimum atomic E-state index is -3.10. The number of hydrogen-bond acceptors (Lipinski definition) is 3. The van der Waals surface area contributed by atoms with Crippen molar-refractivity contribution in [2.45, 2.75) is 64.0 Å². The van der Waals surface area contributed by atoms with Gasteiger partial charge in [-0.3, -0.25) is 0 Å². The highest BCUT2D eigenvalue weighted by atomic mass is 19.3. The van der Waals surface area contributed by atoms with Crippen molar-refractivity contribution in [2.24, 2.45) is 5.92 Å². The van der Waals surface area contributed by atoms with Crippen molar-refractivity contribution in [1.82, 2.24) is 5.32 Å². The van der Waals surface area contributed by atoms with Gasteiger partial charge in [-0.25, -0.2) is 18.4 Å². The van der Waals surface area contributed by atoms with Crippen LogP contribution in [0.3, 0.4) is 0 Å². The van der Waals surface area contributed by atoms with E-state index in [4.69, 9.17) is 9.84 Å². The predicted octanol–water partition coefficient (Wildman–Crippen LogP) is 2.79. The summed E-state index contributed by atoms with van der Waals surface area (Å²) in [5, 5.41) is 10.9. The van der Waals surface area contributed by atoms with Crippen molar-refractivity contribution in [2.75, 3.05) is 0 Å². The minimum absolute atomic E-state index is 0.0269. The SMILES string of the molecule is CC(C)(C)OC(=O)NC(CC(F)(F)CC1CC1)C(=O)O. The van der Waals surface area contributed by atoms with Gasteiger partial charge in [0.15, 0.2) is 0 Å². The summed E-state index contributed by atoms with van der Waals surface area (Å²) in [5.41, 5.74) is -0.816. The number of carbonyl (C=O) groups excluding carboxylic acids is 1. The number of rotatable bonds is 6. The van der Waals surface area contributed by atoms with Crippen LogP contribution in [0.4, 0.5) is 13.6 Å². The average molecular weight is 293 g/mol. The summed E-state index contributed by atoms with van der Waals surface area (Å²) in [4.78, 5) is 22.4. The van der Waals surface area contributed by atoms with Gasteiger partial charge in [-0.15, -0.1) is 0 Å². The topological polar surface area (TPSA) is 75.6 Å². The van der Waals surface area contributed by atoms with Gasteiger partial charge in [0.1, 0.15) is 11.6 Å². The molecule has 1 atom stereocenters. The van der Waals surface area contributed by atoms with Crippen LogP contribution in [-0.2, 0) is 9.53 Å². The molecule has 7 heteroatoms. The highest BCUT2D eigenvalue weighted by molar-refractivity contribution is 5.80. The van der Waals surface area contributed by atoms with Gasteiger partial charge >= 0.3 is 12.1 Å². The quantitative estimate of drug-likeness (QED) is 0.789. The van der Waals surface area contributed by atoms with E-state index in [1.807, 2.05) is 5.32 Å². The van der Waals surface area contributed by atoms with E-state index in [-0.39, 0.29) is 12.3 Å². The molecule has 0 aromatic heterocycles. The Morgan fingerprint density at radius 2 is 1.90 bits per heavy atom. The third-order valence-electron chi connectivity index (χ3n) is 2.78. The molecule has 0 heterocycles. The van der Waals surface area contributed by atoms with Crippen molar-refractivity contribution in [3.8, 4) is 0 Å². The predicted molar refractivity (Wildman–Crippen MR) is 67.7 cm³/mol. The molecule has 2 N–H and O–H groups in total. The molecule has 0 radical (unpaired) electrons. The number of carboxylic acid groups (broad SMARTS) is 1. The number of nitrogens with one attached hydrogen (secondary N) is 1. The van der Waals surface area contributed by atoms with Gasteiger partial charge in [0, 0.05) is 12.8 Å². The zero-order valence-corrected chi connectivity index (χ0v) is 11.9. The third kappa shape index (κ3) is 6.68. The molecular weight excluding hydrogens is 272 g/mol. The van der Waals surface area contributed by atoms with Gasteiger partial charge in [-0.2, -0.15) is 0 Å². The first-order chi connectivity index (χ1) is 8.98. The Kier molecular flexibility index (Phi) is 4.94. The molecule has 5 nitrogen and oxygen atoms in total. The summed E-state index contributed by atoms with van der Waals surface area (Å²) in [6.45, 7) is 4.80. The fourth-order valence-electron chi connectivity index (χ4n) is 1.78. The largest absolute Gasteiger partial charge is 0.480 e. The number of ether oxygens (including phenoxy) is 1. The molecule has 1 aliphatic carbocycles. The molecule has 1 saturated carbocycles. The minimum Gasteiger partial charge on any atom is -0.480 e. The Morgan fingerprint density at radius 3 is 2.30 bits per heavy atom. The molecule has 0 bridgehead atoms. The van der Waals surface area contributed by atoms with Crippen LogP contribution in [0.15, 0.2) is 0 Å². The van der Waals surface area contributed by atoms with Crippen molar-refractivity contribution >= 4 is 12.1 Å². The van der Waals surface area contributed by atoms with E-state index in [9.17, 15) is 18.4 Å². The highest BCUT2D eigenvalue weighted by Gasteiger charge is 2.41. The van der Waals surface area contributed by atoms with Gasteiger partial charge in [0.2, 0.25) is 0 Å². The molecule has 20 heavy (non-hydrogen) atoms. The Hall–Kier alpha value is -1.40. The first kappa shape index (κ1) is 16.7. The average Bonchev–Trinajstić information content (AvgIpc) is 2.95. The summed E-state index contributed by atoms with van der Waals surface area (Å²) in [7, 11) is 0. The number of amides is 1. The maximum absolute atomic E-state index is 13.7. The third-order valence-corrected chi connectivity index (χ3v) is 2.78. The fourth-order valence-corrected chi connectivity index (χ4v) is 1.78. The molecular formula is C13H21F2NO4. The molecule has 0 spiro atoms. The zero-order valence-electron chi connectivity index (χ0n) is 11.9. The standard InChI is InChI=1S/C13H21F2NO4/c1-12(2,3)20-11(19)16-9(10(17)18)7-13(14,15)6-8-4-5-8/h8-9H,4-7H2,1-3H3,(H,16,19)(H,17,18). The van der Waals surface area contributed by atoms with Crippen LogP contribution < -0.4 is 5.32 Å². The lowest BCUT2D eigenvalue weighted by Gasteiger charge is -2.24. The first-order valence-corrected chi connectivity index (χ1v) is 6.59. The lowest BCUT2D eigenvalue weighted by atomic mass is 10.0. The number of hydrogen-bond donors (Lipinski definition) is 2. The lowest BCUT2D eigenvalue weighted by Crippen LogP contribution is -2.46. The number of alkyl carbamates (subject to hydrolysis) is 1. The number of carboxylic acids is 1. The summed E-state index contributed by atoms with van der Waals surface area (Å²) in [6.07, 6.45) is -0.739. The van der Waals surface area contributed by atoms with E-state index < -0.39 is 36.0 Å². The molecule has 1 amide bonds. The second kappa shape index (κ2) is 5.93. The highest BCUT2D eigenvalue weighted by Crippen LogP contribution is 2.40. The lowest BCUT2D eigenvalue weighted by molar-refractivity contribution is -0.142. The van der Waals surface area contributed by atoms with E-state index in [2.05, 4.69) is 0 Å². The van der Waals surface area contributed by atoms with Gasteiger partial charge in [-0.1, -0.05) is 0 Å². The summed E-state index contributed by atoms with van der Waals surface area (Å²) in [6, 6.07) is -1.65. The van der Waals surface area contributed by atoms with Crippen LogP contribution in [0, 0.1) is 5.92 Å². The second-order valence-corrected chi connectivity index (χ2v) is 6.24. The van der Waals surface area contributed by atoms with E-state index in [0.29, 0.717) is 0 Å². The number of carbonyl (C=O) groups is 2. The molecule has 1 unspecified atom stereocenters. The van der Waals surface area contributed by atoms with Crippen molar-refractivity contribution in [3.63, 3.8) is 0 Å². The maximum atomic E-state index is 13.7. The van der Waals surface area contributed by atoms with Gasteiger partial charge in [0.25, 0.3) is 5.92 Å². The van der Waals surface area contributed by atoms with Crippen LogP contribution in [0.5, 0.6) is 0 Å². The van der Waals surface area contributed by atoms with Crippen LogP contribution in [0.1, 0.15) is 46.5 Å². The monoisotopic (exact) mass is 293 g/mol. The molecule has 0 aromatic carbocycles. The van der Waals surface area contributed by atoms with E-state index in [1.165, 1.54) is 0 Å². The van der Waals surface area contributed by atoms with Crippen molar-refractivity contribution in [3.05, 3.63) is 0 Å². The summed E-state index contributed by atoms with van der Waals surface area (Å²) < 4.78 is 32.2. The Balaban J connectivity index is 2.55. The molecule has 0 aromatic rings. The van der Waals surface area contributed by atoms with Crippen LogP contribution in [-0.4, -0.2) is 34.7 Å². The van der Waals surface area contributed by atoms with Crippen LogP contribution >= 0.6 is 0 Å². The van der Waals surface area contributed by atoms with Crippen LogP contribution in [0.25, 0.3) is 0 Å². The molecule has 0 aliphatic heterocycles. The number of aliphatic carboxylic acids is 1. The van der Waals surface area contributed by atoms with Gasteiger partial charge < -0.3 is 15.2 Å². The zero-order chi connectivity index (χ0) is 15.6. The Labute approximate surface area is 116 Å². The number of halogens is 2. The second-order valence-electron chi connectivity index (χ2n) is 6.24. The molecule has 1 rings (SSSR count). The van der Waals surface area contributed by atoms with E-state index >= 15 is 0 Å². The number of alkyl halides is 2. The van der Waals surface area contributed by atoms with Gasteiger partial charge in [0.05, 0.1) is 0 Å². The van der Waals surface area contributed by atoms with Crippen molar-refractivity contribution < 1.29 is 28.2 Å². The summed E-state index contributed by atoms with van der Waals surface area (Å²) in [5.74, 6) is -4.62. The Bertz CT molecular complexity index is 375. The fraction of sp³-hybridized carbons (Fsp3) is 0.846. The molecule has 1 aliphatic rings. The first-order valence-electron chi connectivity index (χ1n) is 6.59. The van der Waals surface area contributed by atoms with E-state index in [1.54, 1.807) is 20.8 Å². The molecule has 0 saturated heterocycles. The molecule has 1 fully saturated rings. The van der Waals surface area contributed by atoms with Gasteiger partial charge in [-0.05, 0) is 39.5 Å².